The quantitative estimate of drug-likeness (QED) is 0.885. The third-order valence-electron chi connectivity index (χ3n) is 3.67. The Hall–Kier alpha value is -2.04. The number of fused-ring (bicyclic) bond motifs is 1. The largest absolute Gasteiger partial charge is 0.352 e. The lowest BCUT2D eigenvalue weighted by Crippen LogP contribution is -2.37. The van der Waals surface area contributed by atoms with E-state index in [1.165, 1.54) is 0 Å². The van der Waals surface area contributed by atoms with E-state index in [-0.39, 0.29) is 24.2 Å². The molecule has 5 heteroatoms. The second-order valence-electron chi connectivity index (χ2n) is 5.36. The third-order valence-corrected chi connectivity index (χ3v) is 3.67. The summed E-state index contributed by atoms with van der Waals surface area (Å²) in [7, 11) is 0. The molecule has 1 aromatic heterocycles. The monoisotopic (exact) mass is 289 g/mol. The number of imidazole rings is 1. The van der Waals surface area contributed by atoms with E-state index in [2.05, 4.69) is 12.2 Å². The van der Waals surface area contributed by atoms with Crippen LogP contribution in [0.2, 0.25) is 0 Å². The van der Waals surface area contributed by atoms with Crippen LogP contribution in [0.5, 0.6) is 0 Å². The highest BCUT2D eigenvalue weighted by Crippen LogP contribution is 2.12. The van der Waals surface area contributed by atoms with Gasteiger partial charge in [-0.15, -0.1) is 0 Å². The lowest BCUT2D eigenvalue weighted by atomic mass is 10.2. The normalized spacial score (nSPS) is 12.5. The molecule has 1 N–H and O–H groups in total. The molecule has 1 aromatic carbocycles. The van der Waals surface area contributed by atoms with Crippen LogP contribution in [0.1, 0.15) is 33.6 Å². The van der Waals surface area contributed by atoms with Crippen LogP contribution < -0.4 is 11.0 Å². The number of carbonyl (C=O) groups excluding carboxylic acids is 1. The first kappa shape index (κ1) is 15.4. The third kappa shape index (κ3) is 3.17. The summed E-state index contributed by atoms with van der Waals surface area (Å²) in [5, 5.41) is 2.94. The van der Waals surface area contributed by atoms with Crippen LogP contribution in [0, 0.1) is 0 Å². The summed E-state index contributed by atoms with van der Waals surface area (Å²) < 4.78 is 3.24. The Bertz CT molecular complexity index is 684. The summed E-state index contributed by atoms with van der Waals surface area (Å²) in [5.74, 6) is -0.114. The number of nitrogens with one attached hydrogen (secondary N) is 1. The van der Waals surface area contributed by atoms with E-state index in [1.807, 2.05) is 38.1 Å². The summed E-state index contributed by atoms with van der Waals surface area (Å²) in [6, 6.07) is 7.72. The topological polar surface area (TPSA) is 56.0 Å². The Morgan fingerprint density at radius 1 is 1.19 bits per heavy atom. The average Bonchev–Trinajstić information content (AvgIpc) is 2.71. The Morgan fingerprint density at radius 2 is 1.81 bits per heavy atom. The van der Waals surface area contributed by atoms with Gasteiger partial charge in [-0.2, -0.15) is 0 Å². The van der Waals surface area contributed by atoms with Gasteiger partial charge in [0.05, 0.1) is 11.0 Å². The molecule has 0 aliphatic carbocycles. The van der Waals surface area contributed by atoms with Crippen molar-refractivity contribution in [2.45, 2.75) is 52.7 Å². The van der Waals surface area contributed by atoms with Crippen LogP contribution in [0.4, 0.5) is 0 Å². The fourth-order valence-corrected chi connectivity index (χ4v) is 2.70. The van der Waals surface area contributed by atoms with Crippen molar-refractivity contribution in [3.05, 3.63) is 34.7 Å². The van der Waals surface area contributed by atoms with Gasteiger partial charge in [0, 0.05) is 12.6 Å². The fraction of sp³-hybridized carbons (Fsp3) is 0.500. The summed E-state index contributed by atoms with van der Waals surface area (Å²) in [6.45, 7) is 6.67. The second-order valence-corrected chi connectivity index (χ2v) is 5.36. The highest BCUT2D eigenvalue weighted by Gasteiger charge is 2.15. The van der Waals surface area contributed by atoms with Crippen molar-refractivity contribution in [3.8, 4) is 0 Å². The zero-order valence-electron chi connectivity index (χ0n) is 12.9. The van der Waals surface area contributed by atoms with Gasteiger partial charge in [0.1, 0.15) is 6.54 Å². The highest BCUT2D eigenvalue weighted by molar-refractivity contribution is 5.81. The van der Waals surface area contributed by atoms with Gasteiger partial charge in [-0.3, -0.25) is 13.9 Å². The van der Waals surface area contributed by atoms with Crippen LogP contribution >= 0.6 is 0 Å². The Morgan fingerprint density at radius 3 is 2.38 bits per heavy atom. The molecule has 1 unspecified atom stereocenters. The van der Waals surface area contributed by atoms with Crippen molar-refractivity contribution in [3.63, 3.8) is 0 Å². The van der Waals surface area contributed by atoms with Crippen LogP contribution in [0.3, 0.4) is 0 Å². The van der Waals surface area contributed by atoms with Crippen LogP contribution in [-0.2, 0) is 17.9 Å². The zero-order chi connectivity index (χ0) is 15.4. The standard InChI is InChI=1S/C16H23N3O2/c1-4-8-12(3)17-15(20)11-19-14-10-7-6-9-13(14)18(5-2)16(19)21/h6-7,9-10,12H,4-5,8,11H2,1-3H3,(H,17,20). The maximum Gasteiger partial charge on any atom is 0.329 e. The van der Waals surface area contributed by atoms with E-state index in [0.29, 0.717) is 6.54 Å². The molecule has 0 aliphatic rings. The van der Waals surface area contributed by atoms with Gasteiger partial charge in [-0.05, 0) is 32.4 Å². The van der Waals surface area contributed by atoms with E-state index in [0.717, 1.165) is 23.9 Å². The molecule has 0 saturated heterocycles. The molecule has 0 bridgehead atoms. The molecular weight excluding hydrogens is 266 g/mol. The zero-order valence-corrected chi connectivity index (χ0v) is 12.9. The van der Waals surface area contributed by atoms with Crippen molar-refractivity contribution in [2.75, 3.05) is 0 Å². The average molecular weight is 289 g/mol. The van der Waals surface area contributed by atoms with Gasteiger partial charge >= 0.3 is 5.69 Å². The molecule has 1 heterocycles. The lowest BCUT2D eigenvalue weighted by Gasteiger charge is -2.12. The fourth-order valence-electron chi connectivity index (χ4n) is 2.70. The number of aromatic nitrogens is 2. The number of amides is 1. The second kappa shape index (κ2) is 6.61. The molecular formula is C16H23N3O2. The number of hydrogen-bond donors (Lipinski definition) is 1. The van der Waals surface area contributed by atoms with Gasteiger partial charge in [0.25, 0.3) is 0 Å². The van der Waals surface area contributed by atoms with Gasteiger partial charge < -0.3 is 5.32 Å². The number of rotatable bonds is 6. The molecule has 114 valence electrons. The van der Waals surface area contributed by atoms with E-state index >= 15 is 0 Å². The molecule has 0 radical (unpaired) electrons. The minimum Gasteiger partial charge on any atom is -0.352 e. The molecule has 21 heavy (non-hydrogen) atoms. The first-order valence-electron chi connectivity index (χ1n) is 7.55. The summed E-state index contributed by atoms with van der Waals surface area (Å²) in [4.78, 5) is 24.5. The lowest BCUT2D eigenvalue weighted by molar-refractivity contribution is -0.122. The molecule has 5 nitrogen and oxygen atoms in total. The van der Waals surface area contributed by atoms with E-state index < -0.39 is 0 Å². The van der Waals surface area contributed by atoms with Gasteiger partial charge in [-0.25, -0.2) is 4.79 Å². The number of aryl methyl sites for hydroxylation is 1. The number of hydrogen-bond acceptors (Lipinski definition) is 2. The number of para-hydroxylation sites is 2. The highest BCUT2D eigenvalue weighted by atomic mass is 16.2. The first-order chi connectivity index (χ1) is 10.1. The van der Waals surface area contributed by atoms with Crippen molar-refractivity contribution in [2.24, 2.45) is 0 Å². The molecule has 2 aromatic rings. The molecule has 1 atom stereocenters. The van der Waals surface area contributed by atoms with Crippen LogP contribution in [0.15, 0.2) is 29.1 Å². The van der Waals surface area contributed by atoms with Crippen molar-refractivity contribution < 1.29 is 4.79 Å². The Labute approximate surface area is 124 Å². The molecule has 0 aliphatic heterocycles. The Balaban J connectivity index is 2.28. The molecule has 0 saturated carbocycles. The maximum atomic E-state index is 12.4. The molecule has 0 spiro atoms. The predicted octanol–water partition coefficient (Wildman–Crippen LogP) is 2.13. The van der Waals surface area contributed by atoms with Crippen molar-refractivity contribution in [1.82, 2.24) is 14.5 Å². The van der Waals surface area contributed by atoms with Crippen molar-refractivity contribution in [1.29, 1.82) is 0 Å². The SMILES string of the molecule is CCCC(C)NC(=O)Cn1c(=O)n(CC)c2ccccc21. The number of nitrogens with zero attached hydrogens (tertiary/aromatic N) is 2. The molecule has 1 amide bonds. The molecule has 2 rings (SSSR count). The van der Waals surface area contributed by atoms with E-state index in [4.69, 9.17) is 0 Å². The summed E-state index contributed by atoms with van der Waals surface area (Å²) in [6.07, 6.45) is 1.97. The Kier molecular flexibility index (Phi) is 4.83. The smallest absolute Gasteiger partial charge is 0.329 e. The van der Waals surface area contributed by atoms with Gasteiger partial charge in [-0.1, -0.05) is 25.5 Å². The minimum atomic E-state index is -0.128. The first-order valence-corrected chi connectivity index (χ1v) is 7.55. The summed E-state index contributed by atoms with van der Waals surface area (Å²) in [5.41, 5.74) is 1.55. The van der Waals surface area contributed by atoms with Gasteiger partial charge in [0.15, 0.2) is 0 Å². The van der Waals surface area contributed by atoms with Gasteiger partial charge in [0.2, 0.25) is 5.91 Å². The number of benzene rings is 1. The van der Waals surface area contributed by atoms with Crippen LogP contribution in [-0.4, -0.2) is 21.1 Å². The summed E-state index contributed by atoms with van der Waals surface area (Å²) >= 11 is 0. The predicted molar refractivity (Wildman–Crippen MR) is 84.4 cm³/mol. The minimum absolute atomic E-state index is 0.0698. The maximum absolute atomic E-state index is 12.4. The van der Waals surface area contributed by atoms with Crippen LogP contribution in [0.25, 0.3) is 11.0 Å². The van der Waals surface area contributed by atoms with E-state index in [9.17, 15) is 9.59 Å². The number of carbonyl (C=O) groups is 1. The molecule has 0 fully saturated rings. The van der Waals surface area contributed by atoms with E-state index in [1.54, 1.807) is 9.13 Å². The van der Waals surface area contributed by atoms with Crippen molar-refractivity contribution >= 4 is 16.9 Å².